The first kappa shape index (κ1) is 17.3. The van der Waals surface area contributed by atoms with Crippen molar-refractivity contribution in [1.82, 2.24) is 4.90 Å². The van der Waals surface area contributed by atoms with E-state index in [1.54, 1.807) is 0 Å². The number of nitrogens with zero attached hydrogens (tertiary/aromatic N) is 1. The lowest BCUT2D eigenvalue weighted by atomic mass is 10.2. The number of hydrogen-bond acceptors (Lipinski definition) is 3. The van der Waals surface area contributed by atoms with Gasteiger partial charge in [-0.1, -0.05) is 11.6 Å². The van der Waals surface area contributed by atoms with Gasteiger partial charge < -0.3 is 5.32 Å². The smallest absolute Gasteiger partial charge is 0.326 e. The average molecular weight is 349 g/mol. The Hall–Kier alpha value is -2.09. The van der Waals surface area contributed by atoms with E-state index in [4.69, 9.17) is 11.6 Å². The van der Waals surface area contributed by atoms with Crippen molar-refractivity contribution in [1.29, 1.82) is 0 Å². The third-order valence-electron chi connectivity index (χ3n) is 3.27. The molecule has 1 aromatic rings. The molecule has 0 saturated carbocycles. The van der Waals surface area contributed by atoms with Gasteiger partial charge in [-0.05, 0) is 18.2 Å². The summed E-state index contributed by atoms with van der Waals surface area (Å²) in [6, 6.07) is 3.00. The van der Waals surface area contributed by atoms with Crippen LogP contribution in [-0.2, 0) is 20.6 Å². The second kappa shape index (κ2) is 6.57. The molecule has 1 fully saturated rings. The lowest BCUT2D eigenvalue weighted by molar-refractivity contribution is -0.139. The van der Waals surface area contributed by atoms with E-state index in [-0.39, 0.29) is 43.3 Å². The van der Waals surface area contributed by atoms with E-state index >= 15 is 0 Å². The quantitative estimate of drug-likeness (QED) is 0.851. The maximum absolute atomic E-state index is 12.7. The lowest BCUT2D eigenvalue weighted by Gasteiger charge is -2.14. The van der Waals surface area contributed by atoms with Gasteiger partial charge >= 0.3 is 6.18 Å². The van der Waals surface area contributed by atoms with Crippen LogP contribution in [0.5, 0.6) is 0 Å². The van der Waals surface area contributed by atoms with Crippen molar-refractivity contribution in [2.45, 2.75) is 25.4 Å². The second-order valence-electron chi connectivity index (χ2n) is 4.93. The summed E-state index contributed by atoms with van der Waals surface area (Å²) in [5.74, 6) is -1.31. The highest BCUT2D eigenvalue weighted by molar-refractivity contribution is 6.31. The number of carbonyl (C=O) groups excluding carboxylic acids is 3. The average Bonchev–Trinajstić information content (AvgIpc) is 2.77. The Morgan fingerprint density at radius 3 is 2.39 bits per heavy atom. The summed E-state index contributed by atoms with van der Waals surface area (Å²) in [6.07, 6.45) is -4.59. The van der Waals surface area contributed by atoms with Crippen LogP contribution in [0.15, 0.2) is 18.2 Å². The van der Waals surface area contributed by atoms with Gasteiger partial charge in [0, 0.05) is 31.5 Å². The number of carbonyl (C=O) groups is 3. The summed E-state index contributed by atoms with van der Waals surface area (Å²) in [6.45, 7) is -0.0940. The van der Waals surface area contributed by atoms with Crippen LogP contribution in [0.25, 0.3) is 0 Å². The van der Waals surface area contributed by atoms with E-state index in [9.17, 15) is 27.6 Å². The normalized spacial score (nSPS) is 15.2. The number of alkyl halides is 3. The number of anilines is 1. The molecule has 1 aliphatic heterocycles. The Balaban J connectivity index is 1.98. The molecule has 0 aliphatic carbocycles. The molecule has 0 spiro atoms. The molecular formula is C14H12ClF3N2O3. The van der Waals surface area contributed by atoms with Gasteiger partial charge in [-0.3, -0.25) is 19.3 Å². The Morgan fingerprint density at radius 2 is 1.83 bits per heavy atom. The van der Waals surface area contributed by atoms with Crippen molar-refractivity contribution in [3.63, 3.8) is 0 Å². The largest absolute Gasteiger partial charge is 0.417 e. The zero-order valence-electron chi connectivity index (χ0n) is 11.7. The van der Waals surface area contributed by atoms with Gasteiger partial charge in [0.05, 0.1) is 10.6 Å². The molecule has 9 heteroatoms. The third-order valence-corrected chi connectivity index (χ3v) is 3.60. The third kappa shape index (κ3) is 4.22. The molecule has 1 N–H and O–H groups in total. The first-order valence-corrected chi connectivity index (χ1v) is 7.06. The maximum Gasteiger partial charge on any atom is 0.417 e. The zero-order valence-corrected chi connectivity index (χ0v) is 12.5. The molecule has 3 amide bonds. The van der Waals surface area contributed by atoms with Crippen molar-refractivity contribution in [2.75, 3.05) is 11.9 Å². The molecule has 0 unspecified atom stereocenters. The topological polar surface area (TPSA) is 66.5 Å². The Morgan fingerprint density at radius 1 is 1.22 bits per heavy atom. The fourth-order valence-corrected chi connectivity index (χ4v) is 2.35. The number of rotatable bonds is 4. The molecule has 0 radical (unpaired) electrons. The van der Waals surface area contributed by atoms with Gasteiger partial charge in [0.2, 0.25) is 17.7 Å². The molecule has 1 heterocycles. The number of halogens is 4. The van der Waals surface area contributed by atoms with E-state index in [1.165, 1.54) is 6.07 Å². The van der Waals surface area contributed by atoms with Crippen molar-refractivity contribution >= 4 is 35.0 Å². The second-order valence-corrected chi connectivity index (χ2v) is 5.34. The molecular weight excluding hydrogens is 337 g/mol. The molecule has 2 rings (SSSR count). The Labute approximate surface area is 134 Å². The highest BCUT2D eigenvalue weighted by Gasteiger charge is 2.33. The molecule has 1 saturated heterocycles. The minimum atomic E-state index is -4.63. The van der Waals surface area contributed by atoms with Gasteiger partial charge in [-0.25, -0.2) is 0 Å². The number of benzene rings is 1. The van der Waals surface area contributed by atoms with Gasteiger partial charge in [0.1, 0.15) is 0 Å². The van der Waals surface area contributed by atoms with Crippen molar-refractivity contribution in [3.8, 4) is 0 Å². The summed E-state index contributed by atoms with van der Waals surface area (Å²) in [5.41, 5.74) is -1.12. The fourth-order valence-electron chi connectivity index (χ4n) is 2.13. The van der Waals surface area contributed by atoms with Crippen LogP contribution >= 0.6 is 11.6 Å². The monoisotopic (exact) mass is 348 g/mol. The lowest BCUT2D eigenvalue weighted by Crippen LogP contribution is -2.32. The van der Waals surface area contributed by atoms with E-state index in [2.05, 4.69) is 5.32 Å². The Kier molecular flexibility index (Phi) is 4.93. The van der Waals surface area contributed by atoms with Crippen LogP contribution in [-0.4, -0.2) is 29.2 Å². The van der Waals surface area contributed by atoms with Crippen LogP contribution in [0.3, 0.4) is 0 Å². The molecule has 124 valence electrons. The van der Waals surface area contributed by atoms with E-state index in [0.29, 0.717) is 0 Å². The van der Waals surface area contributed by atoms with Crippen molar-refractivity contribution < 1.29 is 27.6 Å². The summed E-state index contributed by atoms with van der Waals surface area (Å²) in [4.78, 5) is 35.5. The van der Waals surface area contributed by atoms with Crippen molar-refractivity contribution in [2.24, 2.45) is 0 Å². The molecule has 0 atom stereocenters. The predicted molar refractivity (Wildman–Crippen MR) is 75.7 cm³/mol. The molecule has 0 bridgehead atoms. The predicted octanol–water partition coefficient (Wildman–Crippen LogP) is 2.84. The van der Waals surface area contributed by atoms with Crippen molar-refractivity contribution in [3.05, 3.63) is 28.8 Å². The number of likely N-dealkylation sites (tertiary alicyclic amines) is 1. The maximum atomic E-state index is 12.7. The molecule has 0 aromatic heterocycles. The highest BCUT2D eigenvalue weighted by Crippen LogP contribution is 2.36. The zero-order chi connectivity index (χ0) is 17.2. The van der Waals surface area contributed by atoms with E-state index < -0.39 is 22.7 Å². The summed E-state index contributed by atoms with van der Waals surface area (Å²) < 4.78 is 38.2. The van der Waals surface area contributed by atoms with E-state index in [0.717, 1.165) is 17.0 Å². The van der Waals surface area contributed by atoms with Crippen LogP contribution in [0, 0.1) is 0 Å². The first-order valence-electron chi connectivity index (χ1n) is 6.68. The Bertz CT molecular complexity index is 645. The number of nitrogens with one attached hydrogen (secondary N) is 1. The van der Waals surface area contributed by atoms with Gasteiger partial charge in [0.25, 0.3) is 0 Å². The fraction of sp³-hybridized carbons (Fsp3) is 0.357. The minimum Gasteiger partial charge on any atom is -0.326 e. The summed E-state index contributed by atoms with van der Waals surface area (Å²) in [7, 11) is 0. The summed E-state index contributed by atoms with van der Waals surface area (Å²) >= 11 is 5.48. The molecule has 5 nitrogen and oxygen atoms in total. The van der Waals surface area contributed by atoms with Gasteiger partial charge in [-0.2, -0.15) is 13.2 Å². The van der Waals surface area contributed by atoms with Crippen LogP contribution in [0.2, 0.25) is 5.02 Å². The van der Waals surface area contributed by atoms with Gasteiger partial charge in [0.15, 0.2) is 0 Å². The number of imide groups is 1. The standard InChI is InChI=1S/C14H12ClF3N2O3/c15-10-2-1-8(7-9(10)14(16,17)18)19-11(21)5-6-20-12(22)3-4-13(20)23/h1-2,7H,3-6H2,(H,19,21). The van der Waals surface area contributed by atoms with Crippen LogP contribution < -0.4 is 5.32 Å². The minimum absolute atomic E-state index is 0.0641. The highest BCUT2D eigenvalue weighted by atomic mass is 35.5. The summed E-state index contributed by atoms with van der Waals surface area (Å²) in [5, 5.41) is 1.82. The molecule has 1 aliphatic rings. The van der Waals surface area contributed by atoms with Crippen LogP contribution in [0.1, 0.15) is 24.8 Å². The number of hydrogen-bond donors (Lipinski definition) is 1. The molecule has 23 heavy (non-hydrogen) atoms. The van der Waals surface area contributed by atoms with Crippen LogP contribution in [0.4, 0.5) is 18.9 Å². The first-order chi connectivity index (χ1) is 10.7. The van der Waals surface area contributed by atoms with E-state index in [1.807, 2.05) is 0 Å². The molecule has 1 aromatic carbocycles. The SMILES string of the molecule is O=C(CCN1C(=O)CCC1=O)Nc1ccc(Cl)c(C(F)(F)F)c1. The number of amides is 3. The van der Waals surface area contributed by atoms with Gasteiger partial charge in [-0.15, -0.1) is 0 Å².